The summed E-state index contributed by atoms with van der Waals surface area (Å²) in [4.78, 5) is 42.0. The summed E-state index contributed by atoms with van der Waals surface area (Å²) in [5, 5.41) is 3.77. The number of H-pyrrole nitrogens is 1. The van der Waals surface area contributed by atoms with Crippen LogP contribution >= 0.6 is 15.9 Å². The van der Waals surface area contributed by atoms with Gasteiger partial charge in [-0.05, 0) is 46.9 Å². The van der Waals surface area contributed by atoms with Crippen LogP contribution in [0.4, 0.5) is 0 Å². The molecule has 4 aromatic rings. The molecule has 190 valence electrons. The molecule has 1 heterocycles. The van der Waals surface area contributed by atoms with Gasteiger partial charge in [0.25, 0.3) is 5.91 Å². The fourth-order valence-electron chi connectivity index (χ4n) is 4.03. The third kappa shape index (κ3) is 6.54. The van der Waals surface area contributed by atoms with E-state index in [9.17, 15) is 14.4 Å². The second-order valence-electron chi connectivity index (χ2n) is 9.95. The van der Waals surface area contributed by atoms with Crippen molar-refractivity contribution in [2.45, 2.75) is 38.6 Å². The molecule has 1 amide bonds. The lowest BCUT2D eigenvalue weighted by molar-refractivity contribution is -0.144. The number of aromatic amines is 1. The highest BCUT2D eigenvalue weighted by Gasteiger charge is 2.26. The van der Waals surface area contributed by atoms with E-state index in [0.717, 1.165) is 26.5 Å². The first-order valence-corrected chi connectivity index (χ1v) is 12.8. The fourth-order valence-corrected chi connectivity index (χ4v) is 4.30. The van der Waals surface area contributed by atoms with Gasteiger partial charge in [0.1, 0.15) is 6.04 Å². The summed E-state index contributed by atoms with van der Waals surface area (Å²) in [6.45, 7) is 5.89. The zero-order chi connectivity index (χ0) is 26.6. The van der Waals surface area contributed by atoms with Crippen molar-refractivity contribution in [1.29, 1.82) is 0 Å². The van der Waals surface area contributed by atoms with Gasteiger partial charge in [-0.15, -0.1) is 0 Å². The Kier molecular flexibility index (Phi) is 7.93. The van der Waals surface area contributed by atoms with Gasteiger partial charge in [0, 0.05) is 39.1 Å². The molecule has 0 bridgehead atoms. The first kappa shape index (κ1) is 26.4. The predicted octanol–water partition coefficient (Wildman–Crippen LogP) is 6.00. The largest absolute Gasteiger partial charge is 0.456 e. The predicted molar refractivity (Wildman–Crippen MR) is 148 cm³/mol. The maximum absolute atomic E-state index is 13.1. The van der Waals surface area contributed by atoms with E-state index in [1.165, 1.54) is 0 Å². The van der Waals surface area contributed by atoms with Crippen molar-refractivity contribution in [2.24, 2.45) is 0 Å². The SMILES string of the molecule is CC(C)(C)c1ccc(C(=O)N[C@@H](Cc2c[nH]c3ccccc23)C(=O)OCC(=O)c2ccc(Br)cc2)cc1. The lowest BCUT2D eigenvalue weighted by atomic mass is 9.86. The average molecular weight is 561 g/mol. The number of carbonyl (C=O) groups is 3. The normalized spacial score (nSPS) is 12.2. The molecule has 3 aromatic carbocycles. The molecule has 0 saturated heterocycles. The Morgan fingerprint density at radius 3 is 2.24 bits per heavy atom. The van der Waals surface area contributed by atoms with Crippen LogP contribution < -0.4 is 5.32 Å². The van der Waals surface area contributed by atoms with Crippen LogP contribution in [0.3, 0.4) is 0 Å². The smallest absolute Gasteiger partial charge is 0.329 e. The molecule has 0 aliphatic rings. The summed E-state index contributed by atoms with van der Waals surface area (Å²) in [6.07, 6.45) is 2.03. The van der Waals surface area contributed by atoms with Crippen LogP contribution in [0.15, 0.2) is 83.5 Å². The Bertz CT molecular complexity index is 1420. The van der Waals surface area contributed by atoms with Gasteiger partial charge >= 0.3 is 5.97 Å². The number of Topliss-reactive ketones (excluding diaryl/α,β-unsaturated/α-hetero) is 1. The van der Waals surface area contributed by atoms with Crippen LogP contribution in [0.5, 0.6) is 0 Å². The number of esters is 1. The van der Waals surface area contributed by atoms with Crippen LogP contribution in [0.2, 0.25) is 0 Å². The number of fused-ring (bicyclic) bond motifs is 1. The van der Waals surface area contributed by atoms with Gasteiger partial charge in [0.05, 0.1) is 0 Å². The summed E-state index contributed by atoms with van der Waals surface area (Å²) in [5.41, 5.74) is 3.73. The van der Waals surface area contributed by atoms with E-state index in [1.807, 2.05) is 42.6 Å². The summed E-state index contributed by atoms with van der Waals surface area (Å²) >= 11 is 3.34. The van der Waals surface area contributed by atoms with Crippen molar-refractivity contribution < 1.29 is 19.1 Å². The quantitative estimate of drug-likeness (QED) is 0.204. The molecule has 0 aliphatic carbocycles. The van der Waals surface area contributed by atoms with Gasteiger partial charge in [0.2, 0.25) is 0 Å². The van der Waals surface area contributed by atoms with Crippen molar-refractivity contribution >= 4 is 44.5 Å². The molecule has 0 radical (unpaired) electrons. The molecular weight excluding hydrogens is 532 g/mol. The highest BCUT2D eigenvalue weighted by Crippen LogP contribution is 2.23. The van der Waals surface area contributed by atoms with Crippen LogP contribution in [0, 0.1) is 0 Å². The second kappa shape index (κ2) is 11.1. The van der Waals surface area contributed by atoms with Crippen LogP contribution in [-0.2, 0) is 21.4 Å². The Hall–Kier alpha value is -3.71. The molecule has 1 aromatic heterocycles. The highest BCUT2D eigenvalue weighted by molar-refractivity contribution is 9.10. The summed E-state index contributed by atoms with van der Waals surface area (Å²) < 4.78 is 6.23. The Labute approximate surface area is 224 Å². The average Bonchev–Trinajstić information content (AvgIpc) is 3.29. The molecule has 0 unspecified atom stereocenters. The topological polar surface area (TPSA) is 88.3 Å². The number of hydrogen-bond acceptors (Lipinski definition) is 4. The number of ether oxygens (including phenoxy) is 1. The maximum Gasteiger partial charge on any atom is 0.329 e. The number of amides is 1. The molecule has 2 N–H and O–H groups in total. The van der Waals surface area contributed by atoms with Crippen molar-refractivity contribution in [3.63, 3.8) is 0 Å². The minimum atomic E-state index is -0.980. The number of ketones is 1. The Morgan fingerprint density at radius 1 is 0.919 bits per heavy atom. The monoisotopic (exact) mass is 560 g/mol. The van der Waals surface area contributed by atoms with Crippen LogP contribution in [0.25, 0.3) is 10.9 Å². The number of halogens is 1. The highest BCUT2D eigenvalue weighted by atomic mass is 79.9. The molecule has 7 heteroatoms. The van der Waals surface area contributed by atoms with Gasteiger partial charge < -0.3 is 15.0 Å². The molecule has 0 aliphatic heterocycles. The van der Waals surface area contributed by atoms with E-state index in [4.69, 9.17) is 4.74 Å². The maximum atomic E-state index is 13.1. The number of aromatic nitrogens is 1. The van der Waals surface area contributed by atoms with E-state index in [2.05, 4.69) is 47.0 Å². The Morgan fingerprint density at radius 2 is 1.57 bits per heavy atom. The summed E-state index contributed by atoms with van der Waals surface area (Å²) in [6, 6.07) is 20.9. The number of rotatable bonds is 8. The van der Waals surface area contributed by atoms with Gasteiger partial charge in [0.15, 0.2) is 12.4 Å². The van der Waals surface area contributed by atoms with E-state index < -0.39 is 18.6 Å². The van der Waals surface area contributed by atoms with Crippen molar-refractivity contribution in [1.82, 2.24) is 10.3 Å². The summed E-state index contributed by atoms with van der Waals surface area (Å²) in [5.74, 6) is -1.38. The zero-order valence-electron chi connectivity index (χ0n) is 21.0. The molecular formula is C30H29BrN2O4. The number of carbonyl (C=O) groups excluding carboxylic acids is 3. The Balaban J connectivity index is 1.52. The molecule has 0 saturated carbocycles. The van der Waals surface area contributed by atoms with Gasteiger partial charge in [-0.2, -0.15) is 0 Å². The first-order valence-electron chi connectivity index (χ1n) is 12.0. The lowest BCUT2D eigenvalue weighted by Gasteiger charge is -2.20. The van der Waals surface area contributed by atoms with Crippen molar-refractivity contribution in [3.05, 3.63) is 106 Å². The number of hydrogen-bond donors (Lipinski definition) is 2. The standard InChI is InChI=1S/C30H29BrN2O4/c1-30(2,3)22-12-8-20(9-13-22)28(35)33-26(16-21-17-32-25-7-5-4-6-24(21)25)29(36)37-18-27(34)19-10-14-23(31)15-11-19/h4-15,17,26,32H,16,18H2,1-3H3,(H,33,35)/t26-/m0/s1. The van der Waals surface area contributed by atoms with Gasteiger partial charge in [-0.1, -0.05) is 79.2 Å². The van der Waals surface area contributed by atoms with Crippen molar-refractivity contribution in [3.8, 4) is 0 Å². The molecule has 6 nitrogen and oxygen atoms in total. The molecule has 0 fully saturated rings. The van der Waals surface area contributed by atoms with Crippen LogP contribution in [0.1, 0.15) is 52.6 Å². The van der Waals surface area contributed by atoms with E-state index in [0.29, 0.717) is 11.1 Å². The molecule has 4 rings (SSSR count). The first-order chi connectivity index (χ1) is 17.6. The number of para-hydroxylation sites is 1. The van der Waals surface area contributed by atoms with E-state index in [-0.39, 0.29) is 23.5 Å². The molecule has 1 atom stereocenters. The minimum Gasteiger partial charge on any atom is -0.456 e. The summed E-state index contributed by atoms with van der Waals surface area (Å²) in [7, 11) is 0. The lowest BCUT2D eigenvalue weighted by Crippen LogP contribution is -2.43. The third-order valence-corrected chi connectivity index (χ3v) is 6.74. The molecule has 0 spiro atoms. The molecule has 37 heavy (non-hydrogen) atoms. The second-order valence-corrected chi connectivity index (χ2v) is 10.9. The van der Waals surface area contributed by atoms with Crippen LogP contribution in [-0.4, -0.2) is 35.3 Å². The van der Waals surface area contributed by atoms with Crippen molar-refractivity contribution in [2.75, 3.05) is 6.61 Å². The zero-order valence-corrected chi connectivity index (χ0v) is 22.6. The minimum absolute atomic E-state index is 0.0436. The number of benzene rings is 3. The third-order valence-electron chi connectivity index (χ3n) is 6.21. The van der Waals surface area contributed by atoms with E-state index >= 15 is 0 Å². The van der Waals surface area contributed by atoms with Gasteiger partial charge in [-0.25, -0.2) is 4.79 Å². The fraction of sp³-hybridized carbons (Fsp3) is 0.233. The van der Waals surface area contributed by atoms with Gasteiger partial charge in [-0.3, -0.25) is 9.59 Å². The number of nitrogens with one attached hydrogen (secondary N) is 2. The van der Waals surface area contributed by atoms with E-state index in [1.54, 1.807) is 36.4 Å².